The zero-order chi connectivity index (χ0) is 14.1. The van der Waals surface area contributed by atoms with Crippen LogP contribution in [0.2, 0.25) is 0 Å². The predicted molar refractivity (Wildman–Crippen MR) is 70.3 cm³/mol. The van der Waals surface area contributed by atoms with Gasteiger partial charge in [-0.3, -0.25) is 10.1 Å². The summed E-state index contributed by atoms with van der Waals surface area (Å²) in [6.07, 6.45) is 0. The van der Waals surface area contributed by atoms with Crippen LogP contribution in [0.15, 0.2) is 39.0 Å². The summed E-state index contributed by atoms with van der Waals surface area (Å²) in [5.74, 6) is -1.37. The summed E-state index contributed by atoms with van der Waals surface area (Å²) in [4.78, 5) is 23.6. The molecule has 3 aromatic rings. The maximum absolute atomic E-state index is 13.2. The number of carbonyl (C=O) groups is 1. The number of fused-ring (bicyclic) bond motifs is 1. The average Bonchev–Trinajstić information content (AvgIpc) is 2.90. The first-order valence-electron chi connectivity index (χ1n) is 5.44. The first-order valence-corrected chi connectivity index (χ1v) is 6.32. The van der Waals surface area contributed by atoms with Crippen LogP contribution in [0.4, 0.5) is 9.52 Å². The normalized spacial score (nSPS) is 10.7. The van der Waals surface area contributed by atoms with Gasteiger partial charge in [-0.2, -0.15) is 0 Å². The number of nitrogens with zero attached hydrogens (tertiary/aromatic N) is 2. The molecular formula is C12H6FN3O3S. The average molecular weight is 291 g/mol. The van der Waals surface area contributed by atoms with Gasteiger partial charge in [0.2, 0.25) is 5.13 Å². The van der Waals surface area contributed by atoms with Gasteiger partial charge in [0.25, 0.3) is 5.91 Å². The fraction of sp³-hybridized carbons (Fsp3) is 0. The molecule has 0 aliphatic rings. The highest BCUT2D eigenvalue weighted by molar-refractivity contribution is 7.13. The van der Waals surface area contributed by atoms with Gasteiger partial charge < -0.3 is 4.42 Å². The molecule has 0 aliphatic heterocycles. The van der Waals surface area contributed by atoms with Gasteiger partial charge in [0.05, 0.1) is 5.39 Å². The molecule has 20 heavy (non-hydrogen) atoms. The van der Waals surface area contributed by atoms with Gasteiger partial charge in [-0.05, 0) is 29.7 Å². The van der Waals surface area contributed by atoms with E-state index in [1.165, 1.54) is 17.6 Å². The number of nitrogens with one attached hydrogen (secondary N) is 1. The first-order chi connectivity index (χ1) is 9.63. The van der Waals surface area contributed by atoms with Crippen molar-refractivity contribution < 1.29 is 13.6 Å². The summed E-state index contributed by atoms with van der Waals surface area (Å²) in [5, 5.41) is 10.4. The van der Waals surface area contributed by atoms with Crippen molar-refractivity contribution in [2.75, 3.05) is 5.32 Å². The van der Waals surface area contributed by atoms with E-state index in [1.54, 1.807) is 0 Å². The highest BCUT2D eigenvalue weighted by Gasteiger charge is 2.14. The Hall–Kier alpha value is -2.61. The molecule has 0 aliphatic carbocycles. The van der Waals surface area contributed by atoms with E-state index in [2.05, 4.69) is 15.5 Å². The molecule has 2 aromatic heterocycles. The smallest absolute Gasteiger partial charge is 0.344 e. The maximum atomic E-state index is 13.2. The van der Waals surface area contributed by atoms with Crippen molar-refractivity contribution in [3.63, 3.8) is 0 Å². The minimum absolute atomic E-state index is 0.207. The number of aromatic nitrogens is 2. The van der Waals surface area contributed by atoms with Crippen molar-refractivity contribution in [1.82, 2.24) is 10.2 Å². The minimum Gasteiger partial charge on any atom is -0.417 e. The predicted octanol–water partition coefficient (Wildman–Crippen LogP) is 2.04. The Bertz CT molecular complexity index is 845. The molecule has 0 atom stereocenters. The number of hydrogen-bond acceptors (Lipinski definition) is 6. The fourth-order valence-electron chi connectivity index (χ4n) is 1.66. The molecule has 0 bridgehead atoms. The molecule has 8 heteroatoms. The summed E-state index contributed by atoms with van der Waals surface area (Å²) in [6, 6.07) is 4.92. The molecule has 1 amide bonds. The third-order valence-electron chi connectivity index (χ3n) is 2.53. The van der Waals surface area contributed by atoms with E-state index in [0.29, 0.717) is 5.39 Å². The molecule has 2 heterocycles. The summed E-state index contributed by atoms with van der Waals surface area (Å²) in [7, 11) is 0. The number of anilines is 1. The van der Waals surface area contributed by atoms with Crippen LogP contribution in [0, 0.1) is 5.82 Å². The minimum atomic E-state index is -0.704. The van der Waals surface area contributed by atoms with E-state index in [-0.39, 0.29) is 16.3 Å². The van der Waals surface area contributed by atoms with Crippen LogP contribution in [0.25, 0.3) is 10.8 Å². The molecule has 100 valence electrons. The molecule has 1 aromatic carbocycles. The Morgan fingerprint density at radius 3 is 2.95 bits per heavy atom. The van der Waals surface area contributed by atoms with Crippen molar-refractivity contribution in [3.05, 3.63) is 51.8 Å². The Kier molecular flexibility index (Phi) is 2.99. The topological polar surface area (TPSA) is 85.1 Å². The van der Waals surface area contributed by atoms with Crippen LogP contribution >= 0.6 is 11.3 Å². The van der Waals surface area contributed by atoms with E-state index in [1.807, 2.05) is 0 Å². The van der Waals surface area contributed by atoms with E-state index in [0.717, 1.165) is 23.5 Å². The molecule has 0 fully saturated rings. The van der Waals surface area contributed by atoms with Crippen molar-refractivity contribution in [1.29, 1.82) is 0 Å². The standard InChI is InChI=1S/C12H6FN3O3S/c13-7-1-2-8-6(3-7)4-9(19-11(8)18)10(17)15-12-16-14-5-20-12/h1-5H,(H,15,16,17). The molecule has 0 saturated carbocycles. The van der Waals surface area contributed by atoms with Gasteiger partial charge in [0.15, 0.2) is 5.76 Å². The molecule has 0 unspecified atom stereocenters. The molecule has 0 radical (unpaired) electrons. The number of hydrogen-bond donors (Lipinski definition) is 1. The summed E-state index contributed by atoms with van der Waals surface area (Å²) in [6.45, 7) is 0. The van der Waals surface area contributed by atoms with Crippen LogP contribution in [0.5, 0.6) is 0 Å². The molecule has 0 saturated heterocycles. The van der Waals surface area contributed by atoms with Crippen molar-refractivity contribution in [3.8, 4) is 0 Å². The quantitative estimate of drug-likeness (QED) is 0.781. The third kappa shape index (κ3) is 2.28. The fourth-order valence-corrected chi connectivity index (χ4v) is 2.10. The lowest BCUT2D eigenvalue weighted by atomic mass is 10.1. The van der Waals surface area contributed by atoms with Crippen LogP contribution in [-0.4, -0.2) is 16.1 Å². The Labute approximate surface area is 114 Å². The van der Waals surface area contributed by atoms with Crippen LogP contribution < -0.4 is 10.9 Å². The van der Waals surface area contributed by atoms with Gasteiger partial charge in [-0.25, -0.2) is 9.18 Å². The second-order valence-electron chi connectivity index (χ2n) is 3.83. The maximum Gasteiger partial charge on any atom is 0.344 e. The van der Waals surface area contributed by atoms with Gasteiger partial charge in [0, 0.05) is 0 Å². The third-order valence-corrected chi connectivity index (χ3v) is 3.13. The Morgan fingerprint density at radius 1 is 1.35 bits per heavy atom. The van der Waals surface area contributed by atoms with Gasteiger partial charge >= 0.3 is 5.63 Å². The Morgan fingerprint density at radius 2 is 2.20 bits per heavy atom. The number of halogens is 1. The summed E-state index contributed by atoms with van der Waals surface area (Å²) in [5.41, 5.74) is 0.742. The molecular weight excluding hydrogens is 285 g/mol. The number of amides is 1. The van der Waals surface area contributed by atoms with Gasteiger partial charge in [-0.15, -0.1) is 10.2 Å². The summed E-state index contributed by atoms with van der Waals surface area (Å²) >= 11 is 1.12. The lowest BCUT2D eigenvalue weighted by Gasteiger charge is -2.02. The first kappa shape index (κ1) is 12.4. The largest absolute Gasteiger partial charge is 0.417 e. The van der Waals surface area contributed by atoms with Crippen LogP contribution in [0.3, 0.4) is 0 Å². The highest BCUT2D eigenvalue weighted by atomic mass is 32.1. The molecule has 3 rings (SSSR count). The number of carbonyl (C=O) groups excluding carboxylic acids is 1. The monoisotopic (exact) mass is 291 g/mol. The SMILES string of the molecule is O=C(Nc1nncs1)c1cc2cc(F)ccc2c(=O)o1. The molecule has 6 nitrogen and oxygen atoms in total. The number of benzene rings is 1. The second kappa shape index (κ2) is 4.82. The van der Waals surface area contributed by atoms with Crippen molar-refractivity contribution in [2.24, 2.45) is 0 Å². The second-order valence-corrected chi connectivity index (χ2v) is 4.66. The van der Waals surface area contributed by atoms with E-state index in [9.17, 15) is 14.0 Å². The van der Waals surface area contributed by atoms with E-state index < -0.39 is 17.3 Å². The van der Waals surface area contributed by atoms with Crippen LogP contribution in [-0.2, 0) is 0 Å². The van der Waals surface area contributed by atoms with E-state index >= 15 is 0 Å². The summed E-state index contributed by atoms with van der Waals surface area (Å²) < 4.78 is 18.1. The molecule has 0 spiro atoms. The van der Waals surface area contributed by atoms with Crippen molar-refractivity contribution >= 4 is 33.1 Å². The van der Waals surface area contributed by atoms with Gasteiger partial charge in [-0.1, -0.05) is 11.3 Å². The highest BCUT2D eigenvalue weighted by Crippen LogP contribution is 2.15. The van der Waals surface area contributed by atoms with Crippen molar-refractivity contribution in [2.45, 2.75) is 0 Å². The van der Waals surface area contributed by atoms with E-state index in [4.69, 9.17) is 4.42 Å². The lowest BCUT2D eigenvalue weighted by molar-refractivity contribution is 0.0993. The molecule has 1 N–H and O–H groups in total. The van der Waals surface area contributed by atoms with Gasteiger partial charge in [0.1, 0.15) is 11.3 Å². The lowest BCUT2D eigenvalue weighted by Crippen LogP contribution is -2.14. The van der Waals surface area contributed by atoms with Crippen LogP contribution in [0.1, 0.15) is 10.6 Å². The Balaban J connectivity index is 2.03. The number of rotatable bonds is 2. The zero-order valence-corrected chi connectivity index (χ0v) is 10.6. The zero-order valence-electron chi connectivity index (χ0n) is 9.79.